The topological polar surface area (TPSA) is 112 Å². The third-order valence-corrected chi connectivity index (χ3v) is 6.65. The molecule has 0 radical (unpaired) electrons. The molecule has 1 aromatic heterocycles. The van der Waals surface area contributed by atoms with Crippen LogP contribution in [0.3, 0.4) is 0 Å². The van der Waals surface area contributed by atoms with Crippen LogP contribution in [0.5, 0.6) is 0 Å². The van der Waals surface area contributed by atoms with E-state index in [1.54, 1.807) is 28.6 Å². The molecule has 1 aliphatic heterocycles. The number of amides is 1. The van der Waals surface area contributed by atoms with Gasteiger partial charge in [-0.1, -0.05) is 25.0 Å². The molecule has 2 aromatic rings. The van der Waals surface area contributed by atoms with Crippen molar-refractivity contribution in [3.8, 4) is 0 Å². The second-order valence-electron chi connectivity index (χ2n) is 6.77. The third-order valence-electron chi connectivity index (χ3n) is 4.74. The van der Waals surface area contributed by atoms with Crippen LogP contribution in [0.25, 0.3) is 0 Å². The maximum Gasteiger partial charge on any atom is 0.271 e. The Balaban J connectivity index is 1.56. The highest BCUT2D eigenvalue weighted by atomic mass is 32.2. The summed E-state index contributed by atoms with van der Waals surface area (Å²) in [5.41, 5.74) is 0.690. The summed E-state index contributed by atoms with van der Waals surface area (Å²) < 4.78 is 27.1. The fourth-order valence-electron chi connectivity index (χ4n) is 3.14. The summed E-state index contributed by atoms with van der Waals surface area (Å²) in [7, 11) is -3.45. The number of aromatic amines is 1. The number of hydrogen-bond donors (Lipinski definition) is 2. The van der Waals surface area contributed by atoms with Crippen molar-refractivity contribution in [3.05, 3.63) is 58.0 Å². The Bertz CT molecular complexity index is 942. The molecule has 1 saturated heterocycles. The smallest absolute Gasteiger partial charge is 0.271 e. The number of aromatic nitrogens is 2. The highest BCUT2D eigenvalue weighted by molar-refractivity contribution is 7.89. The molecule has 1 amide bonds. The van der Waals surface area contributed by atoms with Crippen molar-refractivity contribution in [3.63, 3.8) is 0 Å². The normalized spacial score (nSPS) is 15.7. The minimum absolute atomic E-state index is 0.137. The van der Waals surface area contributed by atoms with Gasteiger partial charge in [-0.3, -0.25) is 9.59 Å². The van der Waals surface area contributed by atoms with Crippen molar-refractivity contribution < 1.29 is 13.2 Å². The molecule has 0 spiro atoms. The molecule has 0 unspecified atom stereocenters. The molecule has 0 saturated carbocycles. The lowest BCUT2D eigenvalue weighted by molar-refractivity contribution is 0.0948. The summed E-state index contributed by atoms with van der Waals surface area (Å²) in [6.45, 7) is 1.53. The number of H-pyrrole nitrogens is 1. The number of benzene rings is 1. The van der Waals surface area contributed by atoms with Crippen LogP contribution in [0.1, 0.15) is 41.7 Å². The Hall–Kier alpha value is -2.52. The van der Waals surface area contributed by atoms with E-state index in [9.17, 15) is 18.0 Å². The van der Waals surface area contributed by atoms with E-state index < -0.39 is 10.0 Å². The summed E-state index contributed by atoms with van der Waals surface area (Å²) in [5.74, 6) is -0.378. The van der Waals surface area contributed by atoms with Gasteiger partial charge in [0.2, 0.25) is 10.0 Å². The highest BCUT2D eigenvalue weighted by Crippen LogP contribution is 2.20. The first-order valence-corrected chi connectivity index (χ1v) is 10.8. The van der Waals surface area contributed by atoms with Gasteiger partial charge in [0.05, 0.1) is 4.90 Å². The molecular formula is C19H24N4O4S. The van der Waals surface area contributed by atoms with E-state index in [-0.39, 0.29) is 17.2 Å². The average molecular weight is 404 g/mol. The molecule has 0 aliphatic carbocycles. The summed E-state index contributed by atoms with van der Waals surface area (Å²) >= 11 is 0. The standard InChI is InChI=1S/C19H24N4O4S/c24-18-10-9-17(21-22-18)19(25)20-12-11-15-5-7-16(8-6-15)28(26,27)23-13-3-1-2-4-14-23/h5-10H,1-4,11-14H2,(H,20,25)(H,22,24). The zero-order valence-corrected chi connectivity index (χ0v) is 16.4. The van der Waals surface area contributed by atoms with E-state index >= 15 is 0 Å². The van der Waals surface area contributed by atoms with Crippen molar-refractivity contribution in [1.82, 2.24) is 19.8 Å². The van der Waals surface area contributed by atoms with E-state index in [4.69, 9.17) is 0 Å². The van der Waals surface area contributed by atoms with Crippen molar-refractivity contribution in [1.29, 1.82) is 0 Å². The first-order chi connectivity index (χ1) is 13.5. The molecular weight excluding hydrogens is 380 g/mol. The van der Waals surface area contributed by atoms with Gasteiger partial charge in [0.25, 0.3) is 11.5 Å². The molecule has 1 aliphatic rings. The van der Waals surface area contributed by atoms with Crippen LogP contribution in [-0.2, 0) is 16.4 Å². The van der Waals surface area contributed by atoms with Gasteiger partial charge >= 0.3 is 0 Å². The predicted octanol–water partition coefficient (Wildman–Crippen LogP) is 1.31. The number of nitrogens with zero attached hydrogens (tertiary/aromatic N) is 2. The number of hydrogen-bond acceptors (Lipinski definition) is 5. The zero-order chi connectivity index (χ0) is 20.0. The quantitative estimate of drug-likeness (QED) is 0.754. The first kappa shape index (κ1) is 20.2. The van der Waals surface area contributed by atoms with Gasteiger partial charge in [-0.25, -0.2) is 13.5 Å². The lowest BCUT2D eigenvalue weighted by Gasteiger charge is -2.20. The van der Waals surface area contributed by atoms with Crippen LogP contribution in [0.4, 0.5) is 0 Å². The molecule has 1 fully saturated rings. The molecule has 8 nitrogen and oxygen atoms in total. The van der Waals surface area contributed by atoms with E-state index in [0.717, 1.165) is 31.2 Å². The Morgan fingerprint density at radius 3 is 2.32 bits per heavy atom. The lowest BCUT2D eigenvalue weighted by Crippen LogP contribution is -2.31. The molecule has 28 heavy (non-hydrogen) atoms. The van der Waals surface area contributed by atoms with Crippen LogP contribution in [-0.4, -0.2) is 48.5 Å². The van der Waals surface area contributed by atoms with E-state index in [0.29, 0.717) is 31.0 Å². The van der Waals surface area contributed by atoms with Crippen molar-refractivity contribution in [2.24, 2.45) is 0 Å². The van der Waals surface area contributed by atoms with Gasteiger partial charge in [0.15, 0.2) is 0 Å². The number of sulfonamides is 1. The second kappa shape index (κ2) is 9.11. The van der Waals surface area contributed by atoms with Crippen LogP contribution < -0.4 is 10.9 Å². The number of carbonyl (C=O) groups is 1. The fraction of sp³-hybridized carbons (Fsp3) is 0.421. The van der Waals surface area contributed by atoms with Gasteiger partial charge < -0.3 is 5.32 Å². The summed E-state index contributed by atoms with van der Waals surface area (Å²) in [6, 6.07) is 9.40. The van der Waals surface area contributed by atoms with Crippen molar-refractivity contribution in [2.75, 3.05) is 19.6 Å². The Labute approximate surface area is 164 Å². The number of rotatable bonds is 6. The Morgan fingerprint density at radius 2 is 1.71 bits per heavy atom. The molecule has 0 bridgehead atoms. The number of nitrogens with one attached hydrogen (secondary N) is 2. The Kier molecular flexibility index (Phi) is 6.58. The van der Waals surface area contributed by atoms with E-state index in [1.165, 1.54) is 12.1 Å². The summed E-state index contributed by atoms with van der Waals surface area (Å²) in [6.07, 6.45) is 4.51. The van der Waals surface area contributed by atoms with Gasteiger partial charge in [-0.15, -0.1) is 0 Å². The van der Waals surface area contributed by atoms with Crippen LogP contribution >= 0.6 is 0 Å². The van der Waals surface area contributed by atoms with E-state index in [2.05, 4.69) is 15.5 Å². The van der Waals surface area contributed by atoms with Crippen molar-refractivity contribution >= 4 is 15.9 Å². The molecule has 150 valence electrons. The number of carbonyl (C=O) groups excluding carboxylic acids is 1. The first-order valence-electron chi connectivity index (χ1n) is 9.40. The molecule has 2 heterocycles. The predicted molar refractivity (Wildman–Crippen MR) is 105 cm³/mol. The van der Waals surface area contributed by atoms with Gasteiger partial charge in [-0.05, 0) is 43.0 Å². The van der Waals surface area contributed by atoms with Gasteiger partial charge in [0, 0.05) is 25.7 Å². The maximum absolute atomic E-state index is 12.8. The largest absolute Gasteiger partial charge is 0.350 e. The minimum atomic E-state index is -3.45. The second-order valence-corrected chi connectivity index (χ2v) is 8.71. The van der Waals surface area contributed by atoms with Crippen LogP contribution in [0.2, 0.25) is 0 Å². The molecule has 1 aromatic carbocycles. The third kappa shape index (κ3) is 5.05. The lowest BCUT2D eigenvalue weighted by atomic mass is 10.1. The fourth-order valence-corrected chi connectivity index (χ4v) is 4.66. The average Bonchev–Trinajstić information content (AvgIpc) is 2.99. The van der Waals surface area contributed by atoms with Crippen LogP contribution in [0.15, 0.2) is 46.1 Å². The van der Waals surface area contributed by atoms with Crippen LogP contribution in [0, 0.1) is 0 Å². The SMILES string of the molecule is O=C(NCCc1ccc(S(=O)(=O)N2CCCCCC2)cc1)c1ccc(=O)[nH]n1. The van der Waals surface area contributed by atoms with E-state index in [1.807, 2.05) is 0 Å². The summed E-state index contributed by atoms with van der Waals surface area (Å²) in [4.78, 5) is 23.2. The van der Waals surface area contributed by atoms with Crippen molar-refractivity contribution in [2.45, 2.75) is 37.0 Å². The minimum Gasteiger partial charge on any atom is -0.350 e. The van der Waals surface area contributed by atoms with Gasteiger partial charge in [0.1, 0.15) is 5.69 Å². The summed E-state index contributed by atoms with van der Waals surface area (Å²) in [5, 5.41) is 8.61. The highest BCUT2D eigenvalue weighted by Gasteiger charge is 2.24. The molecule has 2 N–H and O–H groups in total. The molecule has 0 atom stereocenters. The molecule has 9 heteroatoms. The zero-order valence-electron chi connectivity index (χ0n) is 15.6. The monoisotopic (exact) mass is 404 g/mol. The van der Waals surface area contributed by atoms with Gasteiger partial charge in [-0.2, -0.15) is 9.40 Å². The maximum atomic E-state index is 12.8. The molecule has 3 rings (SSSR count). The Morgan fingerprint density at radius 1 is 1.04 bits per heavy atom.